The van der Waals surface area contributed by atoms with Crippen LogP contribution in [-0.2, 0) is 24.2 Å². The summed E-state index contributed by atoms with van der Waals surface area (Å²) in [6, 6.07) is 6.20. The second-order valence-electron chi connectivity index (χ2n) is 7.41. The Kier molecular flexibility index (Phi) is 5.90. The number of ether oxygens (including phenoxy) is 1. The maximum Gasteiger partial charge on any atom is 0.280 e. The van der Waals surface area contributed by atoms with Gasteiger partial charge in [0.25, 0.3) is 5.91 Å². The summed E-state index contributed by atoms with van der Waals surface area (Å²) >= 11 is 1.38. The van der Waals surface area contributed by atoms with Crippen LogP contribution in [0.2, 0.25) is 0 Å². The number of thiazole rings is 1. The number of hydrogen-bond donors (Lipinski definition) is 1. The minimum atomic E-state index is -3.30. The number of carbonyl (C=O) groups is 1. The number of anilines is 1. The van der Waals surface area contributed by atoms with Crippen LogP contribution in [-0.4, -0.2) is 49.6 Å². The van der Waals surface area contributed by atoms with Crippen molar-refractivity contribution in [2.75, 3.05) is 18.5 Å². The van der Waals surface area contributed by atoms with E-state index in [0.717, 1.165) is 10.6 Å². The average Bonchev–Trinajstić information content (AvgIpc) is 3.37. The number of carbonyl (C=O) groups excluding carboxylic acids is 1. The Morgan fingerprint density at radius 1 is 1.23 bits per heavy atom. The number of nitrogens with one attached hydrogen (secondary N) is 1. The van der Waals surface area contributed by atoms with Gasteiger partial charge in [-0.2, -0.15) is 0 Å². The summed E-state index contributed by atoms with van der Waals surface area (Å²) in [5.41, 5.74) is 1.37. The van der Waals surface area contributed by atoms with Gasteiger partial charge in [0, 0.05) is 16.9 Å². The standard InChI is InChI=1S/C20H23N3O5S2/c1-12-13(2)29-20(21-12)22-19(24)18(23-28-15-9-10-27-11-15)14-3-5-16(6-4-14)30(25,26)17-7-8-17/h3-6,15,17H,7-11H2,1-2H3,(H,21,22,24)/t15-/m1/s1. The van der Waals surface area contributed by atoms with E-state index in [1.165, 1.54) is 23.5 Å². The number of aromatic nitrogens is 1. The molecule has 160 valence electrons. The summed E-state index contributed by atoms with van der Waals surface area (Å²) in [6.45, 7) is 4.81. The molecule has 2 aliphatic rings. The van der Waals surface area contributed by atoms with E-state index in [0.29, 0.717) is 43.2 Å². The molecule has 0 bridgehead atoms. The van der Waals surface area contributed by atoms with Crippen LogP contribution in [0.3, 0.4) is 0 Å². The molecule has 1 aromatic carbocycles. The van der Waals surface area contributed by atoms with Crippen LogP contribution < -0.4 is 5.32 Å². The quantitative estimate of drug-likeness (QED) is 0.515. The number of oxime groups is 1. The van der Waals surface area contributed by atoms with E-state index in [1.54, 1.807) is 12.1 Å². The summed E-state index contributed by atoms with van der Waals surface area (Å²) in [5, 5.41) is 7.03. The maximum absolute atomic E-state index is 12.9. The number of aryl methyl sites for hydroxylation is 2. The third-order valence-corrected chi connectivity index (χ3v) is 8.33. The minimum Gasteiger partial charge on any atom is -0.389 e. The molecule has 30 heavy (non-hydrogen) atoms. The van der Waals surface area contributed by atoms with Crippen molar-refractivity contribution in [3.8, 4) is 0 Å². The lowest BCUT2D eigenvalue weighted by molar-refractivity contribution is -0.110. The molecule has 1 saturated heterocycles. The Morgan fingerprint density at radius 3 is 2.53 bits per heavy atom. The van der Waals surface area contributed by atoms with Crippen LogP contribution in [0, 0.1) is 13.8 Å². The topological polar surface area (TPSA) is 107 Å². The van der Waals surface area contributed by atoms with Gasteiger partial charge in [-0.15, -0.1) is 11.3 Å². The highest BCUT2D eigenvalue weighted by Gasteiger charge is 2.36. The van der Waals surface area contributed by atoms with Crippen LogP contribution in [0.15, 0.2) is 34.3 Å². The van der Waals surface area contributed by atoms with Gasteiger partial charge in [0.2, 0.25) is 0 Å². The van der Waals surface area contributed by atoms with Crippen LogP contribution in [0.25, 0.3) is 0 Å². The van der Waals surface area contributed by atoms with E-state index in [1.807, 2.05) is 13.8 Å². The number of sulfone groups is 1. The molecular formula is C20H23N3O5S2. The fraction of sp³-hybridized carbons (Fsp3) is 0.450. The number of benzene rings is 1. The van der Waals surface area contributed by atoms with Gasteiger partial charge in [-0.05, 0) is 38.8 Å². The summed E-state index contributed by atoms with van der Waals surface area (Å²) < 4.78 is 30.1. The summed E-state index contributed by atoms with van der Waals surface area (Å²) in [6.07, 6.45) is 1.88. The first kappa shape index (κ1) is 21.0. The average molecular weight is 450 g/mol. The Bertz CT molecular complexity index is 1050. The first-order valence-corrected chi connectivity index (χ1v) is 12.1. The third-order valence-electron chi connectivity index (χ3n) is 5.06. The van der Waals surface area contributed by atoms with Crippen LogP contribution in [0.5, 0.6) is 0 Å². The Labute approximate surface area is 179 Å². The number of amides is 1. The molecule has 8 nitrogen and oxygen atoms in total. The first-order valence-electron chi connectivity index (χ1n) is 9.76. The predicted octanol–water partition coefficient (Wildman–Crippen LogP) is 2.84. The van der Waals surface area contributed by atoms with Gasteiger partial charge in [-0.3, -0.25) is 10.1 Å². The second kappa shape index (κ2) is 8.44. The molecule has 1 aliphatic carbocycles. The fourth-order valence-corrected chi connectivity index (χ4v) is 5.47. The number of nitrogens with zero attached hydrogens (tertiary/aromatic N) is 2. The normalized spacial score (nSPS) is 19.7. The minimum absolute atomic E-state index is 0.0581. The molecule has 0 radical (unpaired) electrons. The predicted molar refractivity (Wildman–Crippen MR) is 114 cm³/mol. The lowest BCUT2D eigenvalue weighted by Crippen LogP contribution is -2.25. The smallest absolute Gasteiger partial charge is 0.280 e. The van der Waals surface area contributed by atoms with Gasteiger partial charge >= 0.3 is 0 Å². The van der Waals surface area contributed by atoms with Crippen LogP contribution in [0.1, 0.15) is 35.4 Å². The van der Waals surface area contributed by atoms with Gasteiger partial charge in [0.15, 0.2) is 26.8 Å². The van der Waals surface area contributed by atoms with Crippen molar-refractivity contribution in [1.82, 2.24) is 4.98 Å². The highest BCUT2D eigenvalue weighted by atomic mass is 32.2. The van der Waals surface area contributed by atoms with E-state index < -0.39 is 15.7 Å². The van der Waals surface area contributed by atoms with Crippen molar-refractivity contribution < 1.29 is 22.8 Å². The van der Waals surface area contributed by atoms with Gasteiger partial charge < -0.3 is 9.57 Å². The largest absolute Gasteiger partial charge is 0.389 e. The van der Waals surface area contributed by atoms with Gasteiger partial charge in [-0.25, -0.2) is 13.4 Å². The van der Waals surface area contributed by atoms with E-state index in [4.69, 9.17) is 9.57 Å². The fourth-order valence-electron chi connectivity index (χ4n) is 3.00. The van der Waals surface area contributed by atoms with Gasteiger partial charge in [0.05, 0.1) is 29.1 Å². The summed E-state index contributed by atoms with van der Waals surface area (Å²) in [4.78, 5) is 24.0. The molecule has 0 unspecified atom stereocenters. The first-order chi connectivity index (χ1) is 14.3. The number of rotatable bonds is 7. The lowest BCUT2D eigenvalue weighted by Gasteiger charge is -2.10. The molecular weight excluding hydrogens is 426 g/mol. The van der Waals surface area contributed by atoms with Gasteiger partial charge in [0.1, 0.15) is 0 Å². The zero-order valence-corrected chi connectivity index (χ0v) is 18.4. The molecule has 4 rings (SSSR count). The molecule has 1 N–H and O–H groups in total. The Hall–Kier alpha value is -2.30. The van der Waals surface area contributed by atoms with Crippen LogP contribution >= 0.6 is 11.3 Å². The Morgan fingerprint density at radius 2 is 1.97 bits per heavy atom. The summed E-state index contributed by atoms with van der Waals surface area (Å²) in [7, 11) is -3.30. The van der Waals surface area contributed by atoms with Crippen molar-refractivity contribution in [2.24, 2.45) is 5.16 Å². The molecule has 1 saturated carbocycles. The molecule has 2 heterocycles. The van der Waals surface area contributed by atoms with Crippen LogP contribution in [0.4, 0.5) is 5.13 Å². The zero-order chi connectivity index (χ0) is 21.3. The van der Waals surface area contributed by atoms with Crippen molar-refractivity contribution in [3.05, 3.63) is 40.4 Å². The number of hydrogen-bond acceptors (Lipinski definition) is 8. The molecule has 0 spiro atoms. The molecule has 10 heteroatoms. The van der Waals surface area contributed by atoms with Crippen molar-refractivity contribution >= 4 is 37.9 Å². The van der Waals surface area contributed by atoms with E-state index in [9.17, 15) is 13.2 Å². The maximum atomic E-state index is 12.9. The summed E-state index contributed by atoms with van der Waals surface area (Å²) in [5.74, 6) is -0.472. The SMILES string of the molecule is Cc1nc(NC(=O)C(=NO[C@@H]2CCOC2)c2ccc(S(=O)(=O)C3CC3)cc2)sc1C. The van der Waals surface area contributed by atoms with Crippen molar-refractivity contribution in [2.45, 2.75) is 49.4 Å². The van der Waals surface area contributed by atoms with Gasteiger partial charge in [-0.1, -0.05) is 17.3 Å². The molecule has 1 amide bonds. The molecule has 1 atom stereocenters. The molecule has 1 aliphatic heterocycles. The Balaban J connectivity index is 1.59. The van der Waals surface area contributed by atoms with Crippen molar-refractivity contribution in [3.63, 3.8) is 0 Å². The highest BCUT2D eigenvalue weighted by Crippen LogP contribution is 2.33. The molecule has 2 aromatic rings. The van der Waals surface area contributed by atoms with Crippen molar-refractivity contribution in [1.29, 1.82) is 0 Å². The molecule has 2 fully saturated rings. The highest BCUT2D eigenvalue weighted by molar-refractivity contribution is 7.92. The lowest BCUT2D eigenvalue weighted by atomic mass is 10.1. The second-order valence-corrected chi connectivity index (χ2v) is 10.8. The molecule has 1 aromatic heterocycles. The van der Waals surface area contributed by atoms with E-state index in [-0.39, 0.29) is 22.0 Å². The zero-order valence-electron chi connectivity index (χ0n) is 16.8. The van der Waals surface area contributed by atoms with E-state index in [2.05, 4.69) is 15.5 Å². The third kappa shape index (κ3) is 4.55. The van der Waals surface area contributed by atoms with E-state index >= 15 is 0 Å². The monoisotopic (exact) mass is 449 g/mol.